The zero-order valence-electron chi connectivity index (χ0n) is 13.6. The topological polar surface area (TPSA) is 117 Å². The maximum atomic E-state index is 12.5. The Kier molecular flexibility index (Phi) is 4.31. The Labute approximate surface area is 148 Å². The minimum atomic E-state index is 0.0918. The van der Waals surface area contributed by atoms with Crippen molar-refractivity contribution in [3.63, 3.8) is 0 Å². The number of aromatic nitrogens is 5. The number of H-pyrrole nitrogens is 2. The highest BCUT2D eigenvalue weighted by Gasteiger charge is 2.26. The van der Waals surface area contributed by atoms with Crippen LogP contribution < -0.4 is 5.73 Å². The number of amides is 1. The number of fused-ring (bicyclic) bond motifs is 1. The molecular formula is C16H19N7OS. The third-order valence-corrected chi connectivity index (χ3v) is 5.21. The molecule has 1 aliphatic heterocycles. The molecule has 0 aliphatic carbocycles. The molecule has 130 valence electrons. The Balaban J connectivity index is 1.40. The lowest BCUT2D eigenvalue weighted by Crippen LogP contribution is -2.40. The monoisotopic (exact) mass is 357 g/mol. The first-order valence-corrected chi connectivity index (χ1v) is 9.20. The second-order valence-electron chi connectivity index (χ2n) is 6.11. The quantitative estimate of drug-likeness (QED) is 0.613. The Morgan fingerprint density at radius 2 is 2.24 bits per heavy atom. The van der Waals surface area contributed by atoms with Gasteiger partial charge in [-0.15, -0.1) is 5.10 Å². The van der Waals surface area contributed by atoms with E-state index in [0.29, 0.717) is 17.5 Å². The summed E-state index contributed by atoms with van der Waals surface area (Å²) in [6, 6.07) is 8.00. The molecule has 1 aromatic carbocycles. The van der Waals surface area contributed by atoms with Gasteiger partial charge in [-0.05, 0) is 25.0 Å². The highest BCUT2D eigenvalue weighted by molar-refractivity contribution is 7.99. The molecular weight excluding hydrogens is 338 g/mol. The maximum Gasteiger partial charge on any atom is 0.233 e. The molecule has 0 unspecified atom stereocenters. The fraction of sp³-hybridized carbons (Fsp3) is 0.375. The first kappa shape index (κ1) is 15.9. The van der Waals surface area contributed by atoms with Crippen molar-refractivity contribution in [2.45, 2.75) is 23.9 Å². The predicted molar refractivity (Wildman–Crippen MR) is 96.2 cm³/mol. The molecule has 1 aliphatic rings. The van der Waals surface area contributed by atoms with Crippen molar-refractivity contribution in [1.82, 2.24) is 30.0 Å². The molecule has 3 heterocycles. The third kappa shape index (κ3) is 3.46. The summed E-state index contributed by atoms with van der Waals surface area (Å²) in [6.45, 7) is 1.47. The van der Waals surface area contributed by atoms with E-state index in [1.165, 1.54) is 11.8 Å². The Hall–Kier alpha value is -2.55. The second kappa shape index (κ2) is 6.75. The van der Waals surface area contributed by atoms with Crippen LogP contribution in [0, 0.1) is 0 Å². The van der Waals surface area contributed by atoms with Crippen LogP contribution in [0.3, 0.4) is 0 Å². The van der Waals surface area contributed by atoms with Crippen LogP contribution in [0.25, 0.3) is 11.0 Å². The lowest BCUT2D eigenvalue weighted by molar-refractivity contribution is -0.129. The largest absolute Gasteiger partial charge is 0.368 e. The highest BCUT2D eigenvalue weighted by Crippen LogP contribution is 2.27. The molecule has 0 spiro atoms. The molecule has 4 N–H and O–H groups in total. The Bertz CT molecular complexity index is 856. The number of nitrogen functional groups attached to an aromatic ring is 1. The number of benzene rings is 1. The number of nitrogens with one attached hydrogen (secondary N) is 2. The van der Waals surface area contributed by atoms with Crippen LogP contribution in [0.1, 0.15) is 24.6 Å². The van der Waals surface area contributed by atoms with E-state index in [9.17, 15) is 4.79 Å². The summed E-state index contributed by atoms with van der Waals surface area (Å²) < 4.78 is 0. The van der Waals surface area contributed by atoms with Gasteiger partial charge in [0.25, 0.3) is 0 Å². The third-order valence-electron chi connectivity index (χ3n) is 4.38. The minimum absolute atomic E-state index is 0.0918. The number of likely N-dealkylation sites (tertiary alicyclic amines) is 1. The fourth-order valence-corrected chi connectivity index (χ4v) is 3.84. The average Bonchev–Trinajstić information content (AvgIpc) is 3.25. The van der Waals surface area contributed by atoms with Crippen molar-refractivity contribution >= 4 is 34.7 Å². The van der Waals surface area contributed by atoms with E-state index in [-0.39, 0.29) is 17.8 Å². The van der Waals surface area contributed by atoms with Crippen molar-refractivity contribution < 1.29 is 4.79 Å². The number of imidazole rings is 1. The van der Waals surface area contributed by atoms with Crippen LogP contribution in [0.5, 0.6) is 0 Å². The van der Waals surface area contributed by atoms with E-state index < -0.39 is 0 Å². The van der Waals surface area contributed by atoms with E-state index in [4.69, 9.17) is 5.73 Å². The zero-order chi connectivity index (χ0) is 17.2. The number of anilines is 1. The Morgan fingerprint density at radius 1 is 1.36 bits per heavy atom. The number of carbonyl (C=O) groups excluding carboxylic acids is 1. The van der Waals surface area contributed by atoms with Gasteiger partial charge in [0.05, 0.1) is 16.8 Å². The molecule has 0 bridgehead atoms. The molecule has 1 atom stereocenters. The van der Waals surface area contributed by atoms with E-state index in [0.717, 1.165) is 36.2 Å². The van der Waals surface area contributed by atoms with Crippen molar-refractivity contribution in [2.75, 3.05) is 24.6 Å². The molecule has 4 rings (SSSR count). The van der Waals surface area contributed by atoms with E-state index >= 15 is 0 Å². The number of nitrogens with two attached hydrogens (primary N) is 1. The molecule has 25 heavy (non-hydrogen) atoms. The number of hydrogen-bond donors (Lipinski definition) is 3. The normalized spacial score (nSPS) is 17.9. The van der Waals surface area contributed by atoms with Crippen LogP contribution in [0.4, 0.5) is 5.95 Å². The van der Waals surface area contributed by atoms with Crippen molar-refractivity contribution in [2.24, 2.45) is 0 Å². The van der Waals surface area contributed by atoms with E-state index in [1.54, 1.807) is 0 Å². The molecule has 1 fully saturated rings. The number of aromatic amines is 2. The molecule has 3 aromatic rings. The van der Waals surface area contributed by atoms with Gasteiger partial charge in [-0.1, -0.05) is 23.9 Å². The van der Waals surface area contributed by atoms with Crippen LogP contribution in [-0.2, 0) is 4.79 Å². The lowest BCUT2D eigenvalue weighted by Gasteiger charge is -2.31. The number of thioether (sulfide) groups is 1. The first-order valence-electron chi connectivity index (χ1n) is 8.22. The first-order chi connectivity index (χ1) is 12.2. The average molecular weight is 357 g/mol. The lowest BCUT2D eigenvalue weighted by atomic mass is 9.97. The van der Waals surface area contributed by atoms with Crippen LogP contribution in [-0.4, -0.2) is 54.8 Å². The molecule has 1 amide bonds. The van der Waals surface area contributed by atoms with Crippen LogP contribution in [0.15, 0.2) is 29.4 Å². The molecule has 9 heteroatoms. The highest BCUT2D eigenvalue weighted by atomic mass is 32.2. The van der Waals surface area contributed by atoms with Gasteiger partial charge in [0.2, 0.25) is 17.0 Å². The summed E-state index contributed by atoms with van der Waals surface area (Å²) in [6.07, 6.45) is 2.01. The molecule has 0 radical (unpaired) electrons. The van der Waals surface area contributed by atoms with Gasteiger partial charge in [-0.2, -0.15) is 4.98 Å². The van der Waals surface area contributed by atoms with Crippen LogP contribution >= 0.6 is 11.8 Å². The fourth-order valence-electron chi connectivity index (χ4n) is 3.13. The molecule has 0 saturated carbocycles. The van der Waals surface area contributed by atoms with Gasteiger partial charge in [-0.3, -0.25) is 4.79 Å². The Morgan fingerprint density at radius 3 is 3.04 bits per heavy atom. The maximum absolute atomic E-state index is 12.5. The summed E-state index contributed by atoms with van der Waals surface area (Å²) in [4.78, 5) is 26.5. The molecule has 1 saturated heterocycles. The number of para-hydroxylation sites is 2. The SMILES string of the molecule is Nc1nc(SCC(=O)N2CCC[C@@H](c3nc4ccccc4[nH]3)C2)n[nH]1. The zero-order valence-corrected chi connectivity index (χ0v) is 14.4. The molecule has 2 aromatic heterocycles. The number of carbonyl (C=O) groups is 1. The second-order valence-corrected chi connectivity index (χ2v) is 7.05. The summed E-state index contributed by atoms with van der Waals surface area (Å²) in [7, 11) is 0. The van der Waals surface area contributed by atoms with Gasteiger partial charge in [0.15, 0.2) is 0 Å². The number of piperidine rings is 1. The predicted octanol–water partition coefficient (Wildman–Crippen LogP) is 1.76. The minimum Gasteiger partial charge on any atom is -0.368 e. The van der Waals surface area contributed by atoms with Gasteiger partial charge < -0.3 is 15.6 Å². The van der Waals surface area contributed by atoms with Gasteiger partial charge in [-0.25, -0.2) is 10.1 Å². The summed E-state index contributed by atoms with van der Waals surface area (Å²) >= 11 is 1.30. The van der Waals surface area contributed by atoms with Crippen LogP contribution in [0.2, 0.25) is 0 Å². The standard InChI is InChI=1S/C16H19N7OS/c17-15-20-16(22-21-15)25-9-13(24)23-7-3-4-10(8-23)14-18-11-5-1-2-6-12(11)19-14/h1-2,5-6,10H,3-4,7-9H2,(H,18,19)(H3,17,20,21,22)/t10-/m1/s1. The van der Waals surface area contributed by atoms with E-state index in [1.807, 2.05) is 29.2 Å². The summed E-state index contributed by atoms with van der Waals surface area (Å²) in [5.74, 6) is 1.87. The van der Waals surface area contributed by atoms with Crippen molar-refractivity contribution in [3.8, 4) is 0 Å². The number of nitrogens with zero attached hydrogens (tertiary/aromatic N) is 4. The van der Waals surface area contributed by atoms with Gasteiger partial charge in [0.1, 0.15) is 5.82 Å². The smallest absolute Gasteiger partial charge is 0.233 e. The number of rotatable bonds is 4. The van der Waals surface area contributed by atoms with Gasteiger partial charge in [0, 0.05) is 19.0 Å². The van der Waals surface area contributed by atoms with E-state index in [2.05, 4.69) is 25.1 Å². The summed E-state index contributed by atoms with van der Waals surface area (Å²) in [5.41, 5.74) is 7.51. The van der Waals surface area contributed by atoms with Gasteiger partial charge >= 0.3 is 0 Å². The van der Waals surface area contributed by atoms with Crippen molar-refractivity contribution in [1.29, 1.82) is 0 Å². The molecule has 8 nitrogen and oxygen atoms in total. The summed E-state index contributed by atoms with van der Waals surface area (Å²) in [5, 5.41) is 7.00. The number of hydrogen-bond acceptors (Lipinski definition) is 6. The van der Waals surface area contributed by atoms with Crippen molar-refractivity contribution in [3.05, 3.63) is 30.1 Å².